The molecule has 1 aromatic carbocycles. The summed E-state index contributed by atoms with van der Waals surface area (Å²) in [6.07, 6.45) is 0. The van der Waals surface area contributed by atoms with Gasteiger partial charge in [0.25, 0.3) is 0 Å². The Morgan fingerprint density at radius 2 is 1.96 bits per heavy atom. The number of hydrogen-bond acceptors (Lipinski definition) is 4. The van der Waals surface area contributed by atoms with Crippen molar-refractivity contribution in [3.05, 3.63) is 46.7 Å². The van der Waals surface area contributed by atoms with Gasteiger partial charge in [0.1, 0.15) is 5.82 Å². The fourth-order valence-electron chi connectivity index (χ4n) is 2.76. The molecule has 24 heavy (non-hydrogen) atoms. The molecule has 0 aliphatic carbocycles. The number of aromatic nitrogens is 3. The molecule has 0 fully saturated rings. The van der Waals surface area contributed by atoms with Crippen LogP contribution in [0.4, 0.5) is 5.82 Å². The van der Waals surface area contributed by atoms with E-state index in [1.165, 1.54) is 0 Å². The molecule has 0 amide bonds. The number of nitrogens with zero attached hydrogens (tertiary/aromatic N) is 4. The van der Waals surface area contributed by atoms with Gasteiger partial charge >= 0.3 is 0 Å². The summed E-state index contributed by atoms with van der Waals surface area (Å²) < 4.78 is 1.87. The number of fused-ring (bicyclic) bond motifs is 1. The van der Waals surface area contributed by atoms with Crippen molar-refractivity contribution in [2.75, 3.05) is 32.5 Å². The highest BCUT2D eigenvalue weighted by molar-refractivity contribution is 6.33. The van der Waals surface area contributed by atoms with Crippen molar-refractivity contribution in [3.63, 3.8) is 0 Å². The van der Waals surface area contributed by atoms with E-state index in [2.05, 4.69) is 29.4 Å². The number of likely N-dealkylation sites (N-methyl/N-ethyl adjacent to an activating group) is 1. The molecule has 0 saturated carbocycles. The van der Waals surface area contributed by atoms with Crippen molar-refractivity contribution in [2.45, 2.75) is 13.8 Å². The van der Waals surface area contributed by atoms with Crippen molar-refractivity contribution in [3.8, 4) is 11.1 Å². The molecule has 126 valence electrons. The van der Waals surface area contributed by atoms with Crippen LogP contribution in [0.5, 0.6) is 0 Å². The first kappa shape index (κ1) is 16.7. The van der Waals surface area contributed by atoms with Crippen LogP contribution in [-0.4, -0.2) is 46.7 Å². The molecule has 2 heterocycles. The van der Waals surface area contributed by atoms with Crippen LogP contribution < -0.4 is 5.32 Å². The van der Waals surface area contributed by atoms with Gasteiger partial charge in [0, 0.05) is 35.4 Å². The number of rotatable bonds is 5. The van der Waals surface area contributed by atoms with E-state index >= 15 is 0 Å². The van der Waals surface area contributed by atoms with E-state index in [4.69, 9.17) is 16.6 Å². The summed E-state index contributed by atoms with van der Waals surface area (Å²) in [7, 11) is 4.12. The molecular weight excluding hydrogens is 322 g/mol. The summed E-state index contributed by atoms with van der Waals surface area (Å²) in [6.45, 7) is 5.77. The van der Waals surface area contributed by atoms with Crippen molar-refractivity contribution in [2.24, 2.45) is 0 Å². The van der Waals surface area contributed by atoms with Gasteiger partial charge in [-0.1, -0.05) is 29.8 Å². The number of anilines is 1. The van der Waals surface area contributed by atoms with E-state index in [1.807, 2.05) is 48.7 Å². The Hall–Kier alpha value is -2.11. The lowest BCUT2D eigenvalue weighted by Gasteiger charge is -2.13. The van der Waals surface area contributed by atoms with Gasteiger partial charge in [-0.05, 0) is 34.0 Å². The predicted molar refractivity (Wildman–Crippen MR) is 100.0 cm³/mol. The number of benzene rings is 1. The Morgan fingerprint density at radius 1 is 1.21 bits per heavy atom. The Kier molecular flexibility index (Phi) is 4.73. The van der Waals surface area contributed by atoms with Crippen LogP contribution in [-0.2, 0) is 0 Å². The zero-order chi connectivity index (χ0) is 17.3. The summed E-state index contributed by atoms with van der Waals surface area (Å²) in [4.78, 5) is 6.85. The van der Waals surface area contributed by atoms with Crippen molar-refractivity contribution in [1.82, 2.24) is 19.5 Å². The monoisotopic (exact) mass is 343 g/mol. The molecule has 0 saturated heterocycles. The maximum Gasteiger partial charge on any atom is 0.165 e. The second kappa shape index (κ2) is 6.79. The number of hydrogen-bond donors (Lipinski definition) is 1. The molecular formula is C18H22ClN5. The quantitative estimate of drug-likeness (QED) is 0.768. The second-order valence-corrected chi connectivity index (χ2v) is 6.60. The highest BCUT2D eigenvalue weighted by Gasteiger charge is 2.17. The van der Waals surface area contributed by atoms with Crippen molar-refractivity contribution < 1.29 is 0 Å². The molecule has 0 aliphatic heterocycles. The summed E-state index contributed by atoms with van der Waals surface area (Å²) in [5, 5.41) is 8.85. The van der Waals surface area contributed by atoms with Gasteiger partial charge in [-0.3, -0.25) is 0 Å². The average molecular weight is 344 g/mol. The van der Waals surface area contributed by atoms with Crippen LogP contribution >= 0.6 is 11.6 Å². The van der Waals surface area contributed by atoms with E-state index < -0.39 is 0 Å². The highest BCUT2D eigenvalue weighted by atomic mass is 35.5. The van der Waals surface area contributed by atoms with Crippen LogP contribution in [0.15, 0.2) is 30.3 Å². The minimum absolute atomic E-state index is 0.709. The first-order valence-corrected chi connectivity index (χ1v) is 8.35. The van der Waals surface area contributed by atoms with Crippen molar-refractivity contribution in [1.29, 1.82) is 0 Å². The molecule has 1 N–H and O–H groups in total. The summed E-state index contributed by atoms with van der Waals surface area (Å²) in [6, 6.07) is 9.84. The molecule has 0 bridgehead atoms. The molecule has 0 aliphatic rings. The maximum absolute atomic E-state index is 6.40. The minimum atomic E-state index is 0.709. The summed E-state index contributed by atoms with van der Waals surface area (Å²) >= 11 is 6.40. The molecule has 0 radical (unpaired) electrons. The molecule has 3 rings (SSSR count). The molecule has 0 atom stereocenters. The second-order valence-electron chi connectivity index (χ2n) is 6.19. The third-order valence-electron chi connectivity index (χ3n) is 3.90. The molecule has 0 spiro atoms. The first-order valence-electron chi connectivity index (χ1n) is 7.98. The normalized spacial score (nSPS) is 11.4. The van der Waals surface area contributed by atoms with Crippen molar-refractivity contribution >= 4 is 23.1 Å². The highest BCUT2D eigenvalue weighted by Crippen LogP contribution is 2.33. The SMILES string of the molecule is Cc1cc(NCCN(C)C)n2nc(C)c(-c3ccccc3Cl)c2n1. The maximum atomic E-state index is 6.40. The standard InChI is InChI=1S/C18H22ClN5/c1-12-11-16(20-9-10-23(3)4)24-18(21-12)17(13(2)22-24)14-7-5-6-8-15(14)19/h5-8,11,20H,9-10H2,1-4H3. The molecule has 0 unspecified atom stereocenters. The van der Waals surface area contributed by atoms with E-state index in [0.717, 1.165) is 47.1 Å². The van der Waals surface area contributed by atoms with E-state index in [-0.39, 0.29) is 0 Å². The molecule has 5 nitrogen and oxygen atoms in total. The van der Waals surface area contributed by atoms with Crippen LogP contribution in [0.3, 0.4) is 0 Å². The number of aryl methyl sites for hydroxylation is 2. The fraction of sp³-hybridized carbons (Fsp3) is 0.333. The Balaban J connectivity index is 2.11. The predicted octanol–water partition coefficient (Wildman–Crippen LogP) is 3.64. The largest absolute Gasteiger partial charge is 0.369 e. The minimum Gasteiger partial charge on any atom is -0.369 e. The molecule has 6 heteroatoms. The van der Waals surface area contributed by atoms with Crippen LogP contribution in [0.25, 0.3) is 16.8 Å². The summed E-state index contributed by atoms with van der Waals surface area (Å²) in [5.41, 5.74) is 4.64. The number of halogens is 1. The van der Waals surface area contributed by atoms with E-state index in [0.29, 0.717) is 5.02 Å². The van der Waals surface area contributed by atoms with Gasteiger partial charge in [-0.2, -0.15) is 9.61 Å². The zero-order valence-electron chi connectivity index (χ0n) is 14.5. The van der Waals surface area contributed by atoms with Gasteiger partial charge < -0.3 is 10.2 Å². The lowest BCUT2D eigenvalue weighted by atomic mass is 10.1. The Bertz CT molecular complexity index is 869. The van der Waals surface area contributed by atoms with E-state index in [9.17, 15) is 0 Å². The van der Waals surface area contributed by atoms with Crippen LogP contribution in [0.2, 0.25) is 5.02 Å². The van der Waals surface area contributed by atoms with Crippen LogP contribution in [0.1, 0.15) is 11.4 Å². The molecule has 3 aromatic rings. The van der Waals surface area contributed by atoms with Crippen LogP contribution in [0, 0.1) is 13.8 Å². The Labute approximate surface area is 147 Å². The fourth-order valence-corrected chi connectivity index (χ4v) is 2.99. The average Bonchev–Trinajstić information content (AvgIpc) is 2.83. The van der Waals surface area contributed by atoms with Gasteiger partial charge in [0.2, 0.25) is 0 Å². The summed E-state index contributed by atoms with van der Waals surface area (Å²) in [5.74, 6) is 0.945. The Morgan fingerprint density at radius 3 is 2.67 bits per heavy atom. The lowest BCUT2D eigenvalue weighted by Crippen LogP contribution is -2.21. The van der Waals surface area contributed by atoms with Gasteiger partial charge in [0.15, 0.2) is 5.65 Å². The van der Waals surface area contributed by atoms with Gasteiger partial charge in [-0.25, -0.2) is 4.98 Å². The van der Waals surface area contributed by atoms with E-state index in [1.54, 1.807) is 0 Å². The van der Waals surface area contributed by atoms with Gasteiger partial charge in [0.05, 0.1) is 11.3 Å². The number of nitrogens with one attached hydrogen (secondary N) is 1. The molecule has 2 aromatic heterocycles. The smallest absolute Gasteiger partial charge is 0.165 e. The zero-order valence-corrected chi connectivity index (χ0v) is 15.2. The van der Waals surface area contributed by atoms with Gasteiger partial charge in [-0.15, -0.1) is 0 Å². The lowest BCUT2D eigenvalue weighted by molar-refractivity contribution is 0.425. The third-order valence-corrected chi connectivity index (χ3v) is 4.23. The third kappa shape index (κ3) is 3.23. The topological polar surface area (TPSA) is 45.5 Å². The first-order chi connectivity index (χ1) is 11.5.